The minimum atomic E-state index is -0.450. The van der Waals surface area contributed by atoms with Gasteiger partial charge in [-0.1, -0.05) is 25.5 Å². The van der Waals surface area contributed by atoms with Crippen LogP contribution in [0.2, 0.25) is 0 Å². The van der Waals surface area contributed by atoms with Gasteiger partial charge in [0, 0.05) is 12.6 Å². The molecule has 1 aromatic carbocycles. The van der Waals surface area contributed by atoms with Crippen molar-refractivity contribution in [3.8, 4) is 5.88 Å². The average Bonchev–Trinajstić information content (AvgIpc) is 2.94. The number of hydrogen-bond acceptors (Lipinski definition) is 5. The molecular weight excluding hydrogens is 312 g/mol. The first-order valence-electron chi connectivity index (χ1n) is 7.40. The number of H-pyrrole nitrogens is 1. The number of aromatic amines is 1. The van der Waals surface area contributed by atoms with E-state index in [1.54, 1.807) is 0 Å². The summed E-state index contributed by atoms with van der Waals surface area (Å²) in [4.78, 5) is 23.4. The van der Waals surface area contributed by atoms with E-state index in [0.717, 1.165) is 23.6 Å². The van der Waals surface area contributed by atoms with Crippen LogP contribution in [0, 0.1) is 4.77 Å². The van der Waals surface area contributed by atoms with Gasteiger partial charge in [0.15, 0.2) is 10.6 Å². The van der Waals surface area contributed by atoms with Crippen LogP contribution in [0.1, 0.15) is 25.3 Å². The Bertz CT molecular complexity index is 981. The molecule has 118 valence electrons. The molecule has 0 amide bonds. The van der Waals surface area contributed by atoms with E-state index in [0.29, 0.717) is 12.4 Å². The summed E-state index contributed by atoms with van der Waals surface area (Å²) < 4.78 is 1.74. The van der Waals surface area contributed by atoms with E-state index >= 15 is 0 Å². The normalized spacial score (nSPS) is 12.5. The van der Waals surface area contributed by atoms with E-state index in [1.807, 2.05) is 31.2 Å². The van der Waals surface area contributed by atoms with E-state index < -0.39 is 5.56 Å². The molecule has 1 aliphatic heterocycles. The van der Waals surface area contributed by atoms with Crippen LogP contribution in [-0.2, 0) is 6.54 Å². The third-order valence-corrected chi connectivity index (χ3v) is 3.89. The minimum absolute atomic E-state index is 0.116. The van der Waals surface area contributed by atoms with Gasteiger partial charge in [0.2, 0.25) is 5.88 Å². The first kappa shape index (κ1) is 15.4. The molecule has 3 rings (SSSR count). The summed E-state index contributed by atoms with van der Waals surface area (Å²) in [6.07, 6.45) is 3.28. The lowest BCUT2D eigenvalue weighted by atomic mass is 10.2. The Labute approximate surface area is 137 Å². The third-order valence-electron chi connectivity index (χ3n) is 3.57. The van der Waals surface area contributed by atoms with Gasteiger partial charge >= 0.3 is 0 Å². The van der Waals surface area contributed by atoms with Crippen LogP contribution in [-0.4, -0.2) is 14.7 Å². The predicted molar refractivity (Wildman–Crippen MR) is 89.2 cm³/mol. The smallest absolute Gasteiger partial charge is 0.262 e. The maximum Gasteiger partial charge on any atom is 0.262 e. The Hall–Kier alpha value is -2.54. The van der Waals surface area contributed by atoms with Crippen molar-refractivity contribution in [2.75, 3.05) is 0 Å². The summed E-state index contributed by atoms with van der Waals surface area (Å²) in [5.74, 6) is 0.229. The van der Waals surface area contributed by atoms with Crippen LogP contribution in [0.3, 0.4) is 0 Å². The number of nitrogens with zero attached hydrogens (tertiary/aromatic N) is 3. The van der Waals surface area contributed by atoms with Crippen LogP contribution >= 0.6 is 12.2 Å². The lowest BCUT2D eigenvalue weighted by Gasteiger charge is -2.10. The highest BCUT2D eigenvalue weighted by molar-refractivity contribution is 7.71. The van der Waals surface area contributed by atoms with E-state index in [4.69, 9.17) is 12.2 Å². The molecule has 0 saturated heterocycles. The van der Waals surface area contributed by atoms with E-state index in [-0.39, 0.29) is 16.2 Å². The first-order chi connectivity index (χ1) is 11.1. The highest BCUT2D eigenvalue weighted by atomic mass is 32.1. The Kier molecular flexibility index (Phi) is 4.20. The molecule has 1 aromatic heterocycles. The van der Waals surface area contributed by atoms with Gasteiger partial charge in [0.05, 0.1) is 10.7 Å². The van der Waals surface area contributed by atoms with Gasteiger partial charge < -0.3 is 5.11 Å². The van der Waals surface area contributed by atoms with Crippen molar-refractivity contribution >= 4 is 18.3 Å². The molecule has 0 saturated carbocycles. The zero-order chi connectivity index (χ0) is 16.4. The number of aromatic nitrogens is 2. The van der Waals surface area contributed by atoms with Crippen LogP contribution in [0.15, 0.2) is 44.9 Å². The SMILES string of the molecule is CCCCn1c(O)c(C=C2N=c3ccccc3=N2)c(=O)[nH]c1=S. The van der Waals surface area contributed by atoms with Crippen molar-refractivity contribution in [3.63, 3.8) is 0 Å². The van der Waals surface area contributed by atoms with Crippen LogP contribution in [0.5, 0.6) is 5.88 Å². The van der Waals surface area contributed by atoms with Crippen molar-refractivity contribution < 1.29 is 5.11 Å². The number of fused-ring (bicyclic) bond motifs is 1. The highest BCUT2D eigenvalue weighted by Gasteiger charge is 2.12. The molecule has 2 aromatic rings. The van der Waals surface area contributed by atoms with E-state index in [2.05, 4.69) is 15.0 Å². The van der Waals surface area contributed by atoms with Crippen molar-refractivity contribution in [2.24, 2.45) is 9.98 Å². The number of benzene rings is 1. The summed E-state index contributed by atoms with van der Waals surface area (Å²) in [5, 5.41) is 11.9. The standard InChI is InChI=1S/C16H16N4O2S/c1-2-3-8-20-15(22)10(14(21)19-16(20)23)9-13-17-11-6-4-5-7-12(11)18-13/h4-7,9,22H,2-3,8H2,1H3,(H,19,21,23). The van der Waals surface area contributed by atoms with E-state index in [1.165, 1.54) is 10.6 Å². The van der Waals surface area contributed by atoms with E-state index in [9.17, 15) is 9.90 Å². The Morgan fingerprint density at radius 3 is 2.57 bits per heavy atom. The van der Waals surface area contributed by atoms with Gasteiger partial charge in [-0.3, -0.25) is 14.3 Å². The molecule has 0 atom stereocenters. The molecule has 0 aliphatic carbocycles. The second-order valence-corrected chi connectivity index (χ2v) is 5.60. The van der Waals surface area contributed by atoms with Gasteiger partial charge in [-0.2, -0.15) is 0 Å². The van der Waals surface area contributed by atoms with Crippen molar-refractivity contribution in [1.29, 1.82) is 0 Å². The fraction of sp³-hybridized carbons (Fsp3) is 0.250. The number of hydrogen-bond donors (Lipinski definition) is 2. The molecule has 0 spiro atoms. The number of para-hydroxylation sites is 2. The lowest BCUT2D eigenvalue weighted by molar-refractivity contribution is 0.398. The number of aromatic hydroxyl groups is 1. The molecule has 2 heterocycles. The third kappa shape index (κ3) is 3.00. The fourth-order valence-electron chi connectivity index (χ4n) is 2.35. The summed E-state index contributed by atoms with van der Waals surface area (Å²) >= 11 is 5.12. The zero-order valence-electron chi connectivity index (χ0n) is 12.6. The molecule has 0 bridgehead atoms. The Morgan fingerprint density at radius 2 is 1.96 bits per heavy atom. The molecule has 1 aliphatic rings. The zero-order valence-corrected chi connectivity index (χ0v) is 13.4. The van der Waals surface area contributed by atoms with Gasteiger partial charge in [0.25, 0.3) is 5.56 Å². The Balaban J connectivity index is 2.11. The maximum atomic E-state index is 12.1. The summed E-state index contributed by atoms with van der Waals surface area (Å²) in [6.45, 7) is 2.59. The molecule has 23 heavy (non-hydrogen) atoms. The number of rotatable bonds is 4. The first-order valence-corrected chi connectivity index (χ1v) is 7.81. The second kappa shape index (κ2) is 6.29. The van der Waals surface area contributed by atoms with Gasteiger partial charge in [-0.15, -0.1) is 0 Å². The second-order valence-electron chi connectivity index (χ2n) is 5.22. The Morgan fingerprint density at radius 1 is 1.30 bits per heavy atom. The average molecular weight is 328 g/mol. The largest absolute Gasteiger partial charge is 0.494 e. The lowest BCUT2D eigenvalue weighted by Crippen LogP contribution is -2.19. The summed E-state index contributed by atoms with van der Waals surface area (Å²) in [5.41, 5.74) is -0.334. The molecule has 7 heteroatoms. The van der Waals surface area contributed by atoms with Crippen molar-refractivity contribution in [2.45, 2.75) is 26.3 Å². The quantitative estimate of drug-likeness (QED) is 0.838. The van der Waals surface area contributed by atoms with Crippen molar-refractivity contribution in [1.82, 2.24) is 9.55 Å². The van der Waals surface area contributed by atoms with Gasteiger partial charge in [0.1, 0.15) is 5.56 Å². The van der Waals surface area contributed by atoms with Crippen molar-refractivity contribution in [3.05, 3.63) is 61.5 Å². The number of unbranched alkanes of at least 4 members (excludes halogenated alkanes) is 1. The number of nitrogens with one attached hydrogen (secondary N) is 1. The highest BCUT2D eigenvalue weighted by Crippen LogP contribution is 2.18. The van der Waals surface area contributed by atoms with Crippen LogP contribution < -0.4 is 16.3 Å². The molecule has 0 fully saturated rings. The monoisotopic (exact) mass is 328 g/mol. The van der Waals surface area contributed by atoms with Crippen LogP contribution in [0.25, 0.3) is 6.08 Å². The van der Waals surface area contributed by atoms with Crippen LogP contribution in [0.4, 0.5) is 0 Å². The maximum absolute atomic E-state index is 12.1. The fourth-order valence-corrected chi connectivity index (χ4v) is 2.62. The molecule has 6 nitrogen and oxygen atoms in total. The molecule has 2 N–H and O–H groups in total. The minimum Gasteiger partial charge on any atom is -0.494 e. The van der Waals surface area contributed by atoms with Gasteiger partial charge in [-0.05, 0) is 30.8 Å². The molecule has 0 unspecified atom stereocenters. The molecular formula is C16H16N4O2S. The predicted octanol–water partition coefficient (Wildman–Crippen LogP) is 1.66. The molecule has 0 radical (unpaired) electrons. The topological polar surface area (TPSA) is 82.7 Å². The summed E-state index contributed by atoms with van der Waals surface area (Å²) in [7, 11) is 0. The van der Waals surface area contributed by atoms with Gasteiger partial charge in [-0.25, -0.2) is 9.98 Å². The summed E-state index contributed by atoms with van der Waals surface area (Å²) in [6, 6.07) is 7.43.